The molecule has 2 aliphatic heterocycles. The van der Waals surface area contributed by atoms with Gasteiger partial charge in [-0.2, -0.15) is 0 Å². The number of nitrogens with one attached hydrogen (secondary N) is 2. The van der Waals surface area contributed by atoms with E-state index in [0.717, 1.165) is 21.7 Å². The Labute approximate surface area is 152 Å². The van der Waals surface area contributed by atoms with Gasteiger partial charge in [-0.15, -0.1) is 12.4 Å². The molecule has 4 atom stereocenters. The molecule has 0 spiro atoms. The zero-order chi connectivity index (χ0) is 14.9. The summed E-state index contributed by atoms with van der Waals surface area (Å²) < 4.78 is 1.96. The molecule has 2 saturated heterocycles. The Balaban J connectivity index is 0.00000220. The van der Waals surface area contributed by atoms with Gasteiger partial charge in [0.1, 0.15) is 8.64 Å². The summed E-state index contributed by atoms with van der Waals surface area (Å²) in [5.74, 6) is 0. The minimum Gasteiger partial charge on any atom is -0.340 e. The highest BCUT2D eigenvalue weighted by molar-refractivity contribution is 8.23. The third-order valence-electron chi connectivity index (χ3n) is 3.49. The van der Waals surface area contributed by atoms with Crippen LogP contribution in [0.2, 0.25) is 0 Å². The van der Waals surface area contributed by atoms with Gasteiger partial charge in [-0.25, -0.2) is 0 Å². The lowest BCUT2D eigenvalue weighted by Crippen LogP contribution is -2.58. The van der Waals surface area contributed by atoms with Crippen LogP contribution in [0.5, 0.6) is 0 Å². The highest BCUT2D eigenvalue weighted by Crippen LogP contribution is 2.24. The van der Waals surface area contributed by atoms with Gasteiger partial charge in [0.2, 0.25) is 0 Å². The lowest BCUT2D eigenvalue weighted by Gasteiger charge is -2.43. The van der Waals surface area contributed by atoms with Crippen LogP contribution in [0.25, 0.3) is 0 Å². The summed E-state index contributed by atoms with van der Waals surface area (Å²) in [7, 11) is 0. The summed E-state index contributed by atoms with van der Waals surface area (Å²) in [6.45, 7) is 10.4. The van der Waals surface area contributed by atoms with E-state index in [1.54, 1.807) is 23.5 Å². The van der Waals surface area contributed by atoms with E-state index in [1.807, 2.05) is 0 Å². The second-order valence-electron chi connectivity index (χ2n) is 5.12. The van der Waals surface area contributed by atoms with Crippen molar-refractivity contribution in [3.63, 3.8) is 0 Å². The first-order valence-electron chi connectivity index (χ1n) is 6.85. The highest BCUT2D eigenvalue weighted by Gasteiger charge is 2.29. The van der Waals surface area contributed by atoms with E-state index in [-0.39, 0.29) is 24.7 Å². The standard InChI is InChI=1S/C12H22N4S4.ClH/c1-7-13-9(3)19-11(17)15(7)5-6-16-8(2)14-10(4)20-12(16)18;/h7-10,13-14H,5-6H2,1-4H3;1H. The minimum atomic E-state index is 0. The molecule has 9 heteroatoms. The molecular weight excluding hydrogens is 364 g/mol. The van der Waals surface area contributed by atoms with Crippen LogP contribution >= 0.6 is 60.4 Å². The fraction of sp³-hybridized carbons (Fsp3) is 0.833. The fourth-order valence-corrected chi connectivity index (χ4v) is 5.74. The number of thioether (sulfide) groups is 2. The van der Waals surface area contributed by atoms with Crippen LogP contribution in [-0.4, -0.2) is 54.6 Å². The Morgan fingerprint density at radius 2 is 1.19 bits per heavy atom. The molecule has 0 saturated carbocycles. The van der Waals surface area contributed by atoms with E-state index in [4.69, 9.17) is 24.4 Å². The first-order valence-corrected chi connectivity index (χ1v) is 9.42. The molecule has 0 amide bonds. The third kappa shape index (κ3) is 5.09. The SMILES string of the molecule is CC1NC(C)N(CCN2C(=S)SC(C)NC2C)C(=S)S1.Cl. The van der Waals surface area contributed by atoms with E-state index in [1.165, 1.54) is 0 Å². The maximum Gasteiger partial charge on any atom is 0.139 e. The van der Waals surface area contributed by atoms with Crippen molar-refractivity contribution in [2.75, 3.05) is 13.1 Å². The van der Waals surface area contributed by atoms with Gasteiger partial charge >= 0.3 is 0 Å². The van der Waals surface area contributed by atoms with Crippen LogP contribution in [0.3, 0.4) is 0 Å². The summed E-state index contributed by atoms with van der Waals surface area (Å²) in [6, 6.07) is 0. The molecule has 0 aromatic carbocycles. The summed E-state index contributed by atoms with van der Waals surface area (Å²) in [5.41, 5.74) is 0. The second kappa shape index (κ2) is 8.52. The van der Waals surface area contributed by atoms with Crippen LogP contribution in [0.1, 0.15) is 27.7 Å². The van der Waals surface area contributed by atoms with Gasteiger partial charge < -0.3 is 9.80 Å². The smallest absolute Gasteiger partial charge is 0.139 e. The van der Waals surface area contributed by atoms with Crippen molar-refractivity contribution in [3.8, 4) is 0 Å². The molecule has 0 aromatic heterocycles. The average molecular weight is 387 g/mol. The molecule has 2 N–H and O–H groups in total. The Morgan fingerprint density at radius 1 is 0.857 bits per heavy atom. The topological polar surface area (TPSA) is 30.5 Å². The van der Waals surface area contributed by atoms with E-state index in [0.29, 0.717) is 10.7 Å². The molecule has 2 heterocycles. The van der Waals surface area contributed by atoms with Crippen LogP contribution in [0.15, 0.2) is 0 Å². The average Bonchev–Trinajstić information content (AvgIpc) is 2.30. The molecule has 0 bridgehead atoms. The Morgan fingerprint density at radius 3 is 1.48 bits per heavy atom. The van der Waals surface area contributed by atoms with Gasteiger partial charge in [-0.3, -0.25) is 10.6 Å². The summed E-state index contributed by atoms with van der Waals surface area (Å²) in [4.78, 5) is 4.50. The summed E-state index contributed by atoms with van der Waals surface area (Å²) >= 11 is 14.4. The van der Waals surface area contributed by atoms with E-state index >= 15 is 0 Å². The van der Waals surface area contributed by atoms with Crippen molar-refractivity contribution in [1.82, 2.24) is 20.4 Å². The molecule has 4 nitrogen and oxygen atoms in total. The normalized spacial score (nSPS) is 33.9. The number of halogens is 1. The van der Waals surface area contributed by atoms with Crippen molar-refractivity contribution in [3.05, 3.63) is 0 Å². The van der Waals surface area contributed by atoms with Crippen LogP contribution < -0.4 is 10.6 Å². The molecule has 122 valence electrons. The number of nitrogens with zero attached hydrogens (tertiary/aromatic N) is 2. The van der Waals surface area contributed by atoms with Crippen molar-refractivity contribution in [2.45, 2.75) is 50.8 Å². The van der Waals surface area contributed by atoms with Crippen molar-refractivity contribution >= 4 is 69.0 Å². The highest BCUT2D eigenvalue weighted by atomic mass is 35.5. The number of thiocarbonyl (C=S) groups is 2. The van der Waals surface area contributed by atoms with Gasteiger partial charge in [0, 0.05) is 13.1 Å². The second-order valence-corrected chi connectivity index (χ2v) is 9.07. The molecule has 21 heavy (non-hydrogen) atoms. The molecule has 2 aliphatic rings. The minimum absolute atomic E-state index is 0. The van der Waals surface area contributed by atoms with Gasteiger partial charge in [-0.1, -0.05) is 48.0 Å². The van der Waals surface area contributed by atoms with E-state index in [2.05, 4.69) is 48.1 Å². The quantitative estimate of drug-likeness (QED) is 0.716. The van der Waals surface area contributed by atoms with Crippen LogP contribution in [-0.2, 0) is 0 Å². The molecule has 0 radical (unpaired) electrons. The van der Waals surface area contributed by atoms with Crippen molar-refractivity contribution < 1.29 is 0 Å². The Bertz CT molecular complexity index is 361. The molecule has 0 aromatic rings. The Hall–Kier alpha value is 0.690. The maximum absolute atomic E-state index is 5.50. The van der Waals surface area contributed by atoms with Gasteiger partial charge in [0.05, 0.1) is 23.1 Å². The van der Waals surface area contributed by atoms with Gasteiger partial charge in [-0.05, 0) is 27.7 Å². The van der Waals surface area contributed by atoms with Gasteiger partial charge in [0.15, 0.2) is 0 Å². The zero-order valence-corrected chi connectivity index (χ0v) is 16.7. The number of rotatable bonds is 3. The zero-order valence-electron chi connectivity index (χ0n) is 12.7. The maximum atomic E-state index is 5.50. The van der Waals surface area contributed by atoms with Gasteiger partial charge in [0.25, 0.3) is 0 Å². The molecule has 0 aliphatic carbocycles. The largest absolute Gasteiger partial charge is 0.340 e. The predicted octanol–water partition coefficient (Wildman–Crippen LogP) is 2.64. The van der Waals surface area contributed by atoms with E-state index < -0.39 is 0 Å². The number of hydrogen-bond acceptors (Lipinski definition) is 6. The molecule has 2 rings (SSSR count). The Kier molecular flexibility index (Phi) is 8.00. The summed E-state index contributed by atoms with van der Waals surface area (Å²) in [6.07, 6.45) is 0.568. The molecule has 2 fully saturated rings. The monoisotopic (exact) mass is 386 g/mol. The fourth-order valence-electron chi connectivity index (χ4n) is 2.47. The summed E-state index contributed by atoms with van der Waals surface area (Å²) in [5, 5.41) is 7.79. The lowest BCUT2D eigenvalue weighted by molar-refractivity contribution is 0.223. The lowest BCUT2D eigenvalue weighted by atomic mass is 10.4. The van der Waals surface area contributed by atoms with Crippen molar-refractivity contribution in [2.24, 2.45) is 0 Å². The first-order chi connectivity index (χ1) is 9.38. The van der Waals surface area contributed by atoms with E-state index in [9.17, 15) is 0 Å². The predicted molar refractivity (Wildman–Crippen MR) is 105 cm³/mol. The van der Waals surface area contributed by atoms with Crippen LogP contribution in [0, 0.1) is 0 Å². The third-order valence-corrected chi connectivity index (χ3v) is 6.39. The molecule has 4 unspecified atom stereocenters. The van der Waals surface area contributed by atoms with Crippen molar-refractivity contribution in [1.29, 1.82) is 0 Å². The molecular formula is C12H23ClN4S4. The number of hydrogen-bond donors (Lipinski definition) is 2. The van der Waals surface area contributed by atoms with Crippen LogP contribution in [0.4, 0.5) is 0 Å². The first kappa shape index (κ1) is 19.7.